The number of benzene rings is 2. The van der Waals surface area contributed by atoms with Crippen LogP contribution in [0.4, 0.5) is 30.4 Å². The van der Waals surface area contributed by atoms with Gasteiger partial charge in [0.2, 0.25) is 0 Å². The second-order valence-electron chi connectivity index (χ2n) is 8.32. The van der Waals surface area contributed by atoms with Crippen molar-refractivity contribution in [2.75, 3.05) is 31.3 Å². The highest BCUT2D eigenvalue weighted by molar-refractivity contribution is 6.04. The first-order valence-corrected chi connectivity index (χ1v) is 10.8. The summed E-state index contributed by atoms with van der Waals surface area (Å²) in [6.45, 7) is 3.36. The molecular weight excluding hydrogens is 459 g/mol. The van der Waals surface area contributed by atoms with Gasteiger partial charge in [0.05, 0.1) is 23.7 Å². The first kappa shape index (κ1) is 24.1. The Balaban J connectivity index is 1.56. The van der Waals surface area contributed by atoms with E-state index in [-0.39, 0.29) is 5.56 Å². The summed E-state index contributed by atoms with van der Waals surface area (Å²) < 4.78 is 40.8. The van der Waals surface area contributed by atoms with Crippen LogP contribution in [0.25, 0.3) is 11.0 Å². The van der Waals surface area contributed by atoms with Crippen LogP contribution in [-0.4, -0.2) is 51.2 Å². The molecule has 0 aliphatic carbocycles. The average Bonchev–Trinajstić information content (AvgIpc) is 3.23. The molecule has 4 aromatic rings. The number of alkyl halides is 3. The van der Waals surface area contributed by atoms with Gasteiger partial charge in [-0.1, -0.05) is 12.1 Å². The molecule has 0 saturated carbocycles. The van der Waals surface area contributed by atoms with Gasteiger partial charge in [-0.3, -0.25) is 4.79 Å². The third-order valence-electron chi connectivity index (χ3n) is 5.39. The quantitative estimate of drug-likeness (QED) is 0.396. The molecule has 2 aromatic carbocycles. The van der Waals surface area contributed by atoms with E-state index >= 15 is 0 Å². The van der Waals surface area contributed by atoms with Crippen LogP contribution >= 0.6 is 0 Å². The minimum Gasteiger partial charge on any atom is -0.339 e. The van der Waals surface area contributed by atoms with Crippen LogP contribution in [-0.2, 0) is 12.7 Å². The fraction of sp³-hybridized carbons (Fsp3) is 0.250. The number of fused-ring (bicyclic) bond motifs is 1. The fourth-order valence-corrected chi connectivity index (χ4v) is 3.45. The number of rotatable bonds is 7. The van der Waals surface area contributed by atoms with Gasteiger partial charge in [-0.05, 0) is 56.9 Å². The summed E-state index contributed by atoms with van der Waals surface area (Å²) >= 11 is 0. The van der Waals surface area contributed by atoms with Gasteiger partial charge in [-0.2, -0.15) is 18.3 Å². The van der Waals surface area contributed by atoms with Crippen LogP contribution in [0.1, 0.15) is 21.5 Å². The lowest BCUT2D eigenvalue weighted by Gasteiger charge is -2.13. The lowest BCUT2D eigenvalue weighted by molar-refractivity contribution is -0.137. The highest BCUT2D eigenvalue weighted by Gasteiger charge is 2.30. The third-order valence-corrected chi connectivity index (χ3v) is 5.39. The number of hydrogen-bond donors (Lipinski definition) is 2. The molecule has 182 valence electrons. The van der Waals surface area contributed by atoms with Gasteiger partial charge in [-0.15, -0.1) is 0 Å². The summed E-state index contributed by atoms with van der Waals surface area (Å²) in [4.78, 5) is 23.3. The molecule has 11 heteroatoms. The van der Waals surface area contributed by atoms with Crippen molar-refractivity contribution in [2.24, 2.45) is 0 Å². The number of carbonyl (C=O) groups excluding carboxylic acids is 1. The van der Waals surface area contributed by atoms with Crippen LogP contribution in [0.2, 0.25) is 0 Å². The normalized spacial score (nSPS) is 11.7. The molecule has 0 bridgehead atoms. The molecule has 0 aliphatic rings. The number of nitrogens with zero attached hydrogens (tertiary/aromatic N) is 5. The monoisotopic (exact) mass is 483 g/mol. The number of aromatic nitrogens is 4. The summed E-state index contributed by atoms with van der Waals surface area (Å²) in [5.74, 6) is -0.0898. The molecule has 4 rings (SSSR count). The van der Waals surface area contributed by atoms with E-state index in [2.05, 4.69) is 30.6 Å². The standard InChI is InChI=1S/C24H24F3N7O/c1-15-7-8-18(31-23(35)16-5-4-6-17(11-16)24(25,26)27)12-20(15)32-21-19-13-30-34(10-9-33(2)3)22(19)29-14-28-21/h4-8,11-14H,9-10H2,1-3H3,(H,31,35)(H,28,29,32). The number of likely N-dealkylation sites (N-methyl/N-ethyl adjacent to an activating group) is 1. The third kappa shape index (κ3) is 5.57. The summed E-state index contributed by atoms with van der Waals surface area (Å²) in [7, 11) is 3.96. The maximum Gasteiger partial charge on any atom is 0.416 e. The van der Waals surface area contributed by atoms with Gasteiger partial charge >= 0.3 is 6.18 Å². The second-order valence-corrected chi connectivity index (χ2v) is 8.32. The number of nitrogens with one attached hydrogen (secondary N) is 2. The Kier molecular flexibility index (Phi) is 6.70. The van der Waals surface area contributed by atoms with E-state index in [0.717, 1.165) is 29.6 Å². The minimum atomic E-state index is -4.53. The predicted molar refractivity (Wildman–Crippen MR) is 128 cm³/mol. The molecular formula is C24H24F3N7O. The Hall–Kier alpha value is -3.99. The number of aryl methyl sites for hydroxylation is 1. The highest BCUT2D eigenvalue weighted by atomic mass is 19.4. The van der Waals surface area contributed by atoms with Gasteiger partial charge in [0, 0.05) is 23.5 Å². The Morgan fingerprint density at radius 1 is 1.11 bits per heavy atom. The zero-order valence-corrected chi connectivity index (χ0v) is 19.4. The molecule has 0 unspecified atom stereocenters. The topological polar surface area (TPSA) is 88.0 Å². The van der Waals surface area contributed by atoms with Crippen molar-refractivity contribution in [3.05, 3.63) is 71.7 Å². The number of halogens is 3. The Morgan fingerprint density at radius 3 is 2.66 bits per heavy atom. The molecule has 0 atom stereocenters. The molecule has 35 heavy (non-hydrogen) atoms. The van der Waals surface area contributed by atoms with Crippen LogP contribution in [0.15, 0.2) is 55.0 Å². The van der Waals surface area contributed by atoms with Crippen molar-refractivity contribution in [1.82, 2.24) is 24.6 Å². The molecule has 0 saturated heterocycles. The molecule has 0 radical (unpaired) electrons. The van der Waals surface area contributed by atoms with Crippen molar-refractivity contribution in [3.8, 4) is 0 Å². The zero-order chi connectivity index (χ0) is 25.2. The van der Waals surface area contributed by atoms with E-state index in [1.165, 1.54) is 18.5 Å². The van der Waals surface area contributed by atoms with Gasteiger partial charge in [-0.25, -0.2) is 14.6 Å². The van der Waals surface area contributed by atoms with E-state index in [0.29, 0.717) is 29.4 Å². The summed E-state index contributed by atoms with van der Waals surface area (Å²) in [6.07, 6.45) is -1.38. The van der Waals surface area contributed by atoms with Crippen molar-refractivity contribution < 1.29 is 18.0 Å². The molecule has 1 amide bonds. The number of anilines is 3. The number of amides is 1. The summed E-state index contributed by atoms with van der Waals surface area (Å²) in [5, 5.41) is 11.1. The zero-order valence-electron chi connectivity index (χ0n) is 19.4. The van der Waals surface area contributed by atoms with E-state index in [1.54, 1.807) is 29.1 Å². The second kappa shape index (κ2) is 9.71. The first-order valence-electron chi connectivity index (χ1n) is 10.8. The van der Waals surface area contributed by atoms with E-state index < -0.39 is 17.6 Å². The lowest BCUT2D eigenvalue weighted by atomic mass is 10.1. The van der Waals surface area contributed by atoms with Crippen LogP contribution in [0.5, 0.6) is 0 Å². The smallest absolute Gasteiger partial charge is 0.339 e. The molecule has 0 aliphatic heterocycles. The highest BCUT2D eigenvalue weighted by Crippen LogP contribution is 2.30. The predicted octanol–water partition coefficient (Wildman–Crippen LogP) is 4.71. The molecule has 0 spiro atoms. The van der Waals surface area contributed by atoms with Gasteiger partial charge < -0.3 is 15.5 Å². The number of carbonyl (C=O) groups is 1. The van der Waals surface area contributed by atoms with E-state index in [9.17, 15) is 18.0 Å². The number of hydrogen-bond acceptors (Lipinski definition) is 6. The first-order chi connectivity index (χ1) is 16.6. The Bertz CT molecular complexity index is 1360. The van der Waals surface area contributed by atoms with Gasteiger partial charge in [0.15, 0.2) is 5.65 Å². The van der Waals surface area contributed by atoms with Gasteiger partial charge in [0.25, 0.3) is 5.91 Å². The van der Waals surface area contributed by atoms with Crippen molar-refractivity contribution in [2.45, 2.75) is 19.6 Å². The van der Waals surface area contributed by atoms with Crippen LogP contribution in [0.3, 0.4) is 0 Å². The fourth-order valence-electron chi connectivity index (χ4n) is 3.45. The SMILES string of the molecule is Cc1ccc(NC(=O)c2cccc(C(F)(F)F)c2)cc1Nc1ncnc2c1cnn2CCN(C)C. The van der Waals surface area contributed by atoms with E-state index in [4.69, 9.17) is 0 Å². The molecule has 2 heterocycles. The Labute approximate surface area is 199 Å². The van der Waals surface area contributed by atoms with Crippen molar-refractivity contribution >= 4 is 34.1 Å². The lowest BCUT2D eigenvalue weighted by Crippen LogP contribution is -2.19. The van der Waals surface area contributed by atoms with Crippen LogP contribution < -0.4 is 10.6 Å². The molecule has 8 nitrogen and oxygen atoms in total. The summed E-state index contributed by atoms with van der Waals surface area (Å²) in [5.41, 5.74) is 1.71. The minimum absolute atomic E-state index is 0.0856. The van der Waals surface area contributed by atoms with Gasteiger partial charge in [0.1, 0.15) is 12.1 Å². The molecule has 2 aromatic heterocycles. The molecule has 0 fully saturated rings. The Morgan fingerprint density at radius 2 is 1.91 bits per heavy atom. The van der Waals surface area contributed by atoms with Crippen molar-refractivity contribution in [3.63, 3.8) is 0 Å². The summed E-state index contributed by atoms with van der Waals surface area (Å²) in [6, 6.07) is 9.47. The van der Waals surface area contributed by atoms with E-state index in [1.807, 2.05) is 21.0 Å². The maximum absolute atomic E-state index is 13.0. The maximum atomic E-state index is 13.0. The van der Waals surface area contributed by atoms with Crippen molar-refractivity contribution in [1.29, 1.82) is 0 Å². The average molecular weight is 483 g/mol. The largest absolute Gasteiger partial charge is 0.416 e. The van der Waals surface area contributed by atoms with Crippen LogP contribution in [0, 0.1) is 6.92 Å². The molecule has 2 N–H and O–H groups in total.